The number of fused-ring (bicyclic) bond motifs is 1. The van der Waals surface area contributed by atoms with Crippen LogP contribution in [0.2, 0.25) is 0 Å². The molecule has 0 aromatic carbocycles. The van der Waals surface area contributed by atoms with E-state index in [9.17, 15) is 4.79 Å². The molecule has 0 saturated carbocycles. The van der Waals surface area contributed by atoms with E-state index in [0.29, 0.717) is 17.5 Å². The molecule has 2 rings (SSSR count). The van der Waals surface area contributed by atoms with Gasteiger partial charge in [0.1, 0.15) is 0 Å². The van der Waals surface area contributed by atoms with Gasteiger partial charge in [0.25, 0.3) is 5.78 Å². The maximum atomic E-state index is 11.8. The lowest BCUT2D eigenvalue weighted by atomic mass is 10.1. The molecule has 2 heterocycles. The van der Waals surface area contributed by atoms with E-state index in [0.717, 1.165) is 17.0 Å². The van der Waals surface area contributed by atoms with Crippen molar-refractivity contribution in [3.8, 4) is 0 Å². The minimum absolute atomic E-state index is 0.203. The van der Waals surface area contributed by atoms with Gasteiger partial charge in [-0.15, -0.1) is 5.10 Å². The molecular weight excluding hydrogens is 278 g/mol. The lowest BCUT2D eigenvalue weighted by molar-refractivity contribution is -0.132. The molecule has 8 heteroatoms. The number of nitrogens with zero attached hydrogens (tertiary/aromatic N) is 4. The molecule has 0 aliphatic rings. The van der Waals surface area contributed by atoms with Crippen LogP contribution in [0.1, 0.15) is 23.9 Å². The molecule has 0 radical (unpaired) electrons. The van der Waals surface area contributed by atoms with E-state index < -0.39 is 0 Å². The van der Waals surface area contributed by atoms with E-state index in [4.69, 9.17) is 4.84 Å². The third-order valence-electron chi connectivity index (χ3n) is 2.88. The highest BCUT2D eigenvalue weighted by molar-refractivity contribution is 7.98. The normalized spacial score (nSPS) is 11.0. The molecule has 2 aromatic heterocycles. The standard InChI is InChI=1S/C12H17N5O2S/c1-5-19-16-10(18)6-9-7(2)13-11-14-12(20-4)15-17(11)8(9)3/h5-6H2,1-4H3,(H,16,18). The molecule has 20 heavy (non-hydrogen) atoms. The highest BCUT2D eigenvalue weighted by Crippen LogP contribution is 2.17. The van der Waals surface area contributed by atoms with E-state index >= 15 is 0 Å². The van der Waals surface area contributed by atoms with Crippen LogP contribution in [-0.4, -0.2) is 38.4 Å². The molecule has 0 bridgehead atoms. The summed E-state index contributed by atoms with van der Waals surface area (Å²) in [7, 11) is 0. The number of hydrogen-bond acceptors (Lipinski definition) is 6. The largest absolute Gasteiger partial charge is 0.274 e. The Labute approximate surface area is 121 Å². The van der Waals surface area contributed by atoms with Crippen molar-refractivity contribution in [2.75, 3.05) is 12.9 Å². The van der Waals surface area contributed by atoms with E-state index in [1.807, 2.05) is 27.0 Å². The summed E-state index contributed by atoms with van der Waals surface area (Å²) in [5, 5.41) is 5.01. The summed E-state index contributed by atoms with van der Waals surface area (Å²) < 4.78 is 1.67. The van der Waals surface area contributed by atoms with Crippen LogP contribution < -0.4 is 5.48 Å². The van der Waals surface area contributed by atoms with Gasteiger partial charge in [-0.25, -0.2) is 15.0 Å². The Morgan fingerprint density at radius 3 is 2.80 bits per heavy atom. The summed E-state index contributed by atoms with van der Waals surface area (Å²) in [4.78, 5) is 25.4. The third kappa shape index (κ3) is 2.91. The van der Waals surface area contributed by atoms with Gasteiger partial charge in [0, 0.05) is 17.0 Å². The first-order valence-corrected chi connectivity index (χ1v) is 7.46. The number of carbonyl (C=O) groups excluding carboxylic acids is 1. The number of rotatable bonds is 5. The first-order chi connectivity index (χ1) is 9.56. The fourth-order valence-corrected chi connectivity index (χ4v) is 2.22. The fourth-order valence-electron chi connectivity index (χ4n) is 1.88. The lowest BCUT2D eigenvalue weighted by Crippen LogP contribution is -2.26. The van der Waals surface area contributed by atoms with Crippen molar-refractivity contribution in [2.24, 2.45) is 0 Å². The number of amides is 1. The molecule has 0 unspecified atom stereocenters. The number of thioether (sulfide) groups is 1. The van der Waals surface area contributed by atoms with Crippen LogP contribution in [0.15, 0.2) is 5.16 Å². The predicted octanol–water partition coefficient (Wildman–Crippen LogP) is 1.07. The van der Waals surface area contributed by atoms with Gasteiger partial charge >= 0.3 is 0 Å². The maximum absolute atomic E-state index is 11.8. The smallest absolute Gasteiger partial charge is 0.253 e. The molecule has 1 N–H and O–H groups in total. The summed E-state index contributed by atoms with van der Waals surface area (Å²) in [5.41, 5.74) is 4.87. The predicted molar refractivity (Wildman–Crippen MR) is 75.5 cm³/mol. The van der Waals surface area contributed by atoms with Gasteiger partial charge in [0.15, 0.2) is 0 Å². The van der Waals surface area contributed by atoms with Crippen molar-refractivity contribution < 1.29 is 9.63 Å². The zero-order valence-corrected chi connectivity index (χ0v) is 12.7. The molecule has 0 aliphatic carbocycles. The average molecular weight is 295 g/mol. The Morgan fingerprint density at radius 1 is 1.40 bits per heavy atom. The van der Waals surface area contributed by atoms with E-state index in [1.54, 1.807) is 4.52 Å². The Morgan fingerprint density at radius 2 is 2.15 bits per heavy atom. The minimum atomic E-state index is -0.204. The van der Waals surface area contributed by atoms with Gasteiger partial charge in [-0.1, -0.05) is 11.8 Å². The van der Waals surface area contributed by atoms with Gasteiger partial charge in [-0.3, -0.25) is 9.63 Å². The van der Waals surface area contributed by atoms with Crippen molar-refractivity contribution in [1.82, 2.24) is 25.1 Å². The number of aryl methyl sites for hydroxylation is 2. The molecule has 108 valence electrons. The second kappa shape index (κ2) is 6.19. The molecule has 2 aromatic rings. The second-order valence-corrected chi connectivity index (χ2v) is 4.98. The average Bonchev–Trinajstić information content (AvgIpc) is 2.84. The second-order valence-electron chi connectivity index (χ2n) is 4.21. The zero-order valence-electron chi connectivity index (χ0n) is 11.9. The van der Waals surface area contributed by atoms with Crippen molar-refractivity contribution in [2.45, 2.75) is 32.3 Å². The van der Waals surface area contributed by atoms with Crippen molar-refractivity contribution in [3.05, 3.63) is 17.0 Å². The lowest BCUT2D eigenvalue weighted by Gasteiger charge is -2.10. The van der Waals surface area contributed by atoms with Gasteiger partial charge in [-0.05, 0) is 27.0 Å². The Bertz CT molecular complexity index is 640. The molecule has 0 atom stereocenters. The molecule has 7 nitrogen and oxygen atoms in total. The minimum Gasteiger partial charge on any atom is -0.274 e. The zero-order chi connectivity index (χ0) is 14.7. The topological polar surface area (TPSA) is 81.4 Å². The number of hydroxylamine groups is 1. The summed E-state index contributed by atoms with van der Waals surface area (Å²) in [6.45, 7) is 6.01. The molecule has 1 amide bonds. The van der Waals surface area contributed by atoms with Crippen LogP contribution >= 0.6 is 11.8 Å². The molecule has 0 aliphatic heterocycles. The Balaban J connectivity index is 2.35. The Kier molecular flexibility index (Phi) is 4.56. The maximum Gasteiger partial charge on any atom is 0.253 e. The van der Waals surface area contributed by atoms with E-state index in [-0.39, 0.29) is 12.3 Å². The van der Waals surface area contributed by atoms with Crippen molar-refractivity contribution in [1.29, 1.82) is 0 Å². The summed E-state index contributed by atoms with van der Waals surface area (Å²) >= 11 is 1.46. The van der Waals surface area contributed by atoms with E-state index in [2.05, 4.69) is 20.5 Å². The van der Waals surface area contributed by atoms with Gasteiger partial charge < -0.3 is 0 Å². The first-order valence-electron chi connectivity index (χ1n) is 6.24. The van der Waals surface area contributed by atoms with Crippen LogP contribution in [0.4, 0.5) is 0 Å². The summed E-state index contributed by atoms with van der Waals surface area (Å²) in [6.07, 6.45) is 2.11. The summed E-state index contributed by atoms with van der Waals surface area (Å²) in [6, 6.07) is 0. The Hall–Kier alpha value is -1.67. The number of carbonyl (C=O) groups is 1. The van der Waals surface area contributed by atoms with Crippen molar-refractivity contribution >= 4 is 23.4 Å². The van der Waals surface area contributed by atoms with Crippen LogP contribution in [0.25, 0.3) is 5.78 Å². The van der Waals surface area contributed by atoms with Crippen LogP contribution in [0, 0.1) is 13.8 Å². The van der Waals surface area contributed by atoms with Crippen LogP contribution in [-0.2, 0) is 16.1 Å². The molecule has 0 saturated heterocycles. The number of aromatic nitrogens is 4. The van der Waals surface area contributed by atoms with E-state index in [1.165, 1.54) is 11.8 Å². The van der Waals surface area contributed by atoms with Gasteiger partial charge in [-0.2, -0.15) is 4.98 Å². The van der Waals surface area contributed by atoms with Gasteiger partial charge in [0.05, 0.1) is 13.0 Å². The molecular formula is C12H17N5O2S. The highest BCUT2D eigenvalue weighted by atomic mass is 32.2. The molecule has 0 spiro atoms. The molecule has 0 fully saturated rings. The quantitative estimate of drug-likeness (QED) is 0.656. The van der Waals surface area contributed by atoms with Crippen LogP contribution in [0.5, 0.6) is 0 Å². The third-order valence-corrected chi connectivity index (χ3v) is 3.42. The number of nitrogens with one attached hydrogen (secondary N) is 1. The summed E-state index contributed by atoms with van der Waals surface area (Å²) in [5.74, 6) is 0.350. The van der Waals surface area contributed by atoms with Crippen LogP contribution in [0.3, 0.4) is 0 Å². The number of hydrogen-bond donors (Lipinski definition) is 1. The fraction of sp³-hybridized carbons (Fsp3) is 0.500. The SMILES string of the molecule is CCONC(=O)Cc1c(C)nc2nc(SC)nn2c1C. The highest BCUT2D eigenvalue weighted by Gasteiger charge is 2.15. The van der Waals surface area contributed by atoms with Crippen molar-refractivity contribution in [3.63, 3.8) is 0 Å². The monoisotopic (exact) mass is 295 g/mol. The van der Waals surface area contributed by atoms with Gasteiger partial charge in [0.2, 0.25) is 11.1 Å². The first kappa shape index (κ1) is 14.7.